The Balaban J connectivity index is 2.09. The van der Waals surface area contributed by atoms with Crippen molar-refractivity contribution in [1.82, 2.24) is 15.2 Å². The molecule has 1 aliphatic heterocycles. The van der Waals surface area contributed by atoms with Crippen LogP contribution in [0.5, 0.6) is 0 Å². The summed E-state index contributed by atoms with van der Waals surface area (Å²) in [4.78, 5) is 15.1. The molecule has 0 radical (unpaired) electrons. The molecule has 0 amide bonds. The summed E-state index contributed by atoms with van der Waals surface area (Å²) in [7, 11) is 0. The molecular weight excluding hydrogens is 224 g/mol. The van der Waals surface area contributed by atoms with Crippen LogP contribution in [0, 0.1) is 19.8 Å². The Morgan fingerprint density at radius 2 is 2.12 bits per heavy atom. The van der Waals surface area contributed by atoms with Crippen molar-refractivity contribution >= 4 is 11.9 Å². The molecule has 1 fully saturated rings. The Morgan fingerprint density at radius 3 is 2.76 bits per heavy atom. The monoisotopic (exact) mass is 238 g/mol. The highest BCUT2D eigenvalue weighted by atomic mass is 16.5. The SMILES string of the molecule is Cc1nnc(NC2COCC2C(=O)O)nc1C. The molecule has 17 heavy (non-hydrogen) atoms. The van der Waals surface area contributed by atoms with E-state index in [1.165, 1.54) is 0 Å². The first-order chi connectivity index (χ1) is 8.08. The van der Waals surface area contributed by atoms with Gasteiger partial charge < -0.3 is 15.2 Å². The summed E-state index contributed by atoms with van der Waals surface area (Å²) < 4.78 is 5.14. The highest BCUT2D eigenvalue weighted by Gasteiger charge is 2.34. The molecule has 0 spiro atoms. The Labute approximate surface area is 98.2 Å². The minimum Gasteiger partial charge on any atom is -0.481 e. The number of aryl methyl sites for hydroxylation is 2. The topological polar surface area (TPSA) is 97.2 Å². The van der Waals surface area contributed by atoms with Crippen LogP contribution < -0.4 is 5.32 Å². The van der Waals surface area contributed by atoms with Crippen LogP contribution in [-0.2, 0) is 9.53 Å². The summed E-state index contributed by atoms with van der Waals surface area (Å²) in [5.41, 5.74) is 1.53. The van der Waals surface area contributed by atoms with Crippen molar-refractivity contribution in [3.63, 3.8) is 0 Å². The lowest BCUT2D eigenvalue weighted by Crippen LogP contribution is -2.34. The lowest BCUT2D eigenvalue weighted by atomic mass is 10.0. The van der Waals surface area contributed by atoms with Crippen LogP contribution >= 0.6 is 0 Å². The van der Waals surface area contributed by atoms with Gasteiger partial charge in [-0.2, -0.15) is 5.10 Å². The van der Waals surface area contributed by atoms with Gasteiger partial charge in [0.05, 0.1) is 30.6 Å². The number of aliphatic carboxylic acids is 1. The largest absolute Gasteiger partial charge is 0.481 e. The summed E-state index contributed by atoms with van der Waals surface area (Å²) >= 11 is 0. The quantitative estimate of drug-likeness (QED) is 0.764. The number of ether oxygens (including phenoxy) is 1. The average Bonchev–Trinajstić information content (AvgIpc) is 2.72. The lowest BCUT2D eigenvalue weighted by molar-refractivity contribution is -0.141. The van der Waals surface area contributed by atoms with Crippen LogP contribution in [0.1, 0.15) is 11.4 Å². The number of aromatic nitrogens is 3. The molecule has 0 aliphatic carbocycles. The summed E-state index contributed by atoms with van der Waals surface area (Å²) in [6.07, 6.45) is 0. The third-order valence-electron chi connectivity index (χ3n) is 2.80. The Kier molecular flexibility index (Phi) is 3.19. The molecule has 2 unspecified atom stereocenters. The van der Waals surface area contributed by atoms with E-state index in [0.29, 0.717) is 12.6 Å². The third-order valence-corrected chi connectivity index (χ3v) is 2.80. The summed E-state index contributed by atoms with van der Waals surface area (Å²) in [5.74, 6) is -1.10. The van der Waals surface area contributed by atoms with E-state index in [4.69, 9.17) is 9.84 Å². The van der Waals surface area contributed by atoms with Crippen molar-refractivity contribution in [3.05, 3.63) is 11.4 Å². The molecule has 1 saturated heterocycles. The van der Waals surface area contributed by atoms with Gasteiger partial charge in [0.25, 0.3) is 0 Å². The molecular formula is C10H14N4O3. The zero-order valence-corrected chi connectivity index (χ0v) is 9.67. The molecule has 2 heterocycles. The van der Waals surface area contributed by atoms with E-state index >= 15 is 0 Å². The second-order valence-corrected chi connectivity index (χ2v) is 4.04. The van der Waals surface area contributed by atoms with E-state index in [1.54, 1.807) is 0 Å². The summed E-state index contributed by atoms with van der Waals surface area (Å²) in [6, 6.07) is -0.309. The zero-order valence-electron chi connectivity index (χ0n) is 9.67. The van der Waals surface area contributed by atoms with Crippen molar-refractivity contribution in [2.45, 2.75) is 19.9 Å². The second-order valence-electron chi connectivity index (χ2n) is 4.04. The number of hydrogen-bond donors (Lipinski definition) is 2. The first kappa shape index (κ1) is 11.7. The Hall–Kier alpha value is -1.76. The number of carboxylic acids is 1. The number of hydrogen-bond acceptors (Lipinski definition) is 6. The van der Waals surface area contributed by atoms with Crippen LogP contribution in [-0.4, -0.2) is 45.5 Å². The normalized spacial score (nSPS) is 23.6. The average molecular weight is 238 g/mol. The standard InChI is InChI=1S/C10H14N4O3/c1-5-6(2)13-14-10(11-5)12-8-4-17-3-7(8)9(15)16/h7-8H,3-4H2,1-2H3,(H,15,16)(H,11,12,14). The van der Waals surface area contributed by atoms with Gasteiger partial charge in [-0.1, -0.05) is 0 Å². The predicted octanol–water partition coefficient (Wildman–Crippen LogP) is -0.0000600. The Bertz CT molecular complexity index is 438. The molecule has 7 heteroatoms. The maximum atomic E-state index is 10.9. The molecule has 0 aromatic carbocycles. The summed E-state index contributed by atoms with van der Waals surface area (Å²) in [5, 5.41) is 19.7. The van der Waals surface area contributed by atoms with Crippen molar-refractivity contribution < 1.29 is 14.6 Å². The van der Waals surface area contributed by atoms with Crippen molar-refractivity contribution in [3.8, 4) is 0 Å². The second kappa shape index (κ2) is 4.62. The van der Waals surface area contributed by atoms with Gasteiger partial charge in [0.1, 0.15) is 5.92 Å². The van der Waals surface area contributed by atoms with Gasteiger partial charge >= 0.3 is 5.97 Å². The number of rotatable bonds is 3. The third kappa shape index (κ3) is 2.50. The van der Waals surface area contributed by atoms with Crippen LogP contribution in [0.2, 0.25) is 0 Å². The number of carbonyl (C=O) groups is 1. The highest BCUT2D eigenvalue weighted by molar-refractivity contribution is 5.72. The molecule has 2 rings (SSSR count). The number of anilines is 1. The van der Waals surface area contributed by atoms with Crippen LogP contribution in [0.3, 0.4) is 0 Å². The lowest BCUT2D eigenvalue weighted by Gasteiger charge is -2.15. The first-order valence-electron chi connectivity index (χ1n) is 5.33. The smallest absolute Gasteiger partial charge is 0.311 e. The van der Waals surface area contributed by atoms with Gasteiger partial charge in [-0.3, -0.25) is 4.79 Å². The van der Waals surface area contributed by atoms with Crippen LogP contribution in [0.25, 0.3) is 0 Å². The highest BCUT2D eigenvalue weighted by Crippen LogP contribution is 2.17. The first-order valence-corrected chi connectivity index (χ1v) is 5.33. The number of nitrogens with zero attached hydrogens (tertiary/aromatic N) is 3. The zero-order chi connectivity index (χ0) is 12.4. The van der Waals surface area contributed by atoms with Gasteiger partial charge in [0, 0.05) is 0 Å². The fourth-order valence-electron chi connectivity index (χ4n) is 1.62. The van der Waals surface area contributed by atoms with Crippen LogP contribution in [0.4, 0.5) is 5.95 Å². The molecule has 0 bridgehead atoms. The minimum absolute atomic E-state index is 0.214. The van der Waals surface area contributed by atoms with Crippen molar-refractivity contribution in [2.75, 3.05) is 18.5 Å². The molecule has 2 N–H and O–H groups in total. The number of nitrogens with one attached hydrogen (secondary N) is 1. The maximum Gasteiger partial charge on any atom is 0.311 e. The van der Waals surface area contributed by atoms with Crippen molar-refractivity contribution in [1.29, 1.82) is 0 Å². The minimum atomic E-state index is -0.878. The van der Waals surface area contributed by atoms with Gasteiger partial charge in [-0.05, 0) is 13.8 Å². The molecule has 1 aromatic heterocycles. The predicted molar refractivity (Wildman–Crippen MR) is 58.7 cm³/mol. The molecule has 0 saturated carbocycles. The molecule has 1 aromatic rings. The number of carboxylic acid groups (broad SMARTS) is 1. The van der Waals surface area contributed by atoms with E-state index < -0.39 is 11.9 Å². The van der Waals surface area contributed by atoms with E-state index in [2.05, 4.69) is 20.5 Å². The molecule has 1 aliphatic rings. The van der Waals surface area contributed by atoms with E-state index in [1.807, 2.05) is 13.8 Å². The van der Waals surface area contributed by atoms with Crippen molar-refractivity contribution in [2.24, 2.45) is 5.92 Å². The molecule has 7 nitrogen and oxygen atoms in total. The van der Waals surface area contributed by atoms with E-state index in [-0.39, 0.29) is 12.6 Å². The van der Waals surface area contributed by atoms with E-state index in [9.17, 15) is 4.79 Å². The molecule has 2 atom stereocenters. The van der Waals surface area contributed by atoms with Crippen LogP contribution in [0.15, 0.2) is 0 Å². The van der Waals surface area contributed by atoms with Gasteiger partial charge in [-0.25, -0.2) is 4.98 Å². The van der Waals surface area contributed by atoms with Gasteiger partial charge in [-0.15, -0.1) is 5.10 Å². The fourth-order valence-corrected chi connectivity index (χ4v) is 1.62. The summed E-state index contributed by atoms with van der Waals surface area (Å²) in [6.45, 7) is 4.20. The van der Waals surface area contributed by atoms with Gasteiger partial charge in [0.15, 0.2) is 0 Å². The fraction of sp³-hybridized carbons (Fsp3) is 0.600. The maximum absolute atomic E-state index is 10.9. The Morgan fingerprint density at radius 1 is 1.35 bits per heavy atom. The van der Waals surface area contributed by atoms with Gasteiger partial charge in [0.2, 0.25) is 5.95 Å². The molecule has 92 valence electrons. The van der Waals surface area contributed by atoms with E-state index in [0.717, 1.165) is 11.4 Å².